The topological polar surface area (TPSA) is 49.4 Å². The molecule has 2 fully saturated rings. The smallest absolute Gasteiger partial charge is 0.342 e. The highest BCUT2D eigenvalue weighted by Crippen LogP contribution is 2.42. The van der Waals surface area contributed by atoms with Gasteiger partial charge in [-0.05, 0) is 25.7 Å². The molecule has 0 unspecified atom stereocenters. The Morgan fingerprint density at radius 2 is 1.62 bits per heavy atom. The third-order valence-corrected chi connectivity index (χ3v) is 5.28. The Morgan fingerprint density at radius 1 is 1.08 bits per heavy atom. The fourth-order valence-electron chi connectivity index (χ4n) is 3.70. The van der Waals surface area contributed by atoms with E-state index in [0.29, 0.717) is 38.8 Å². The summed E-state index contributed by atoms with van der Waals surface area (Å²) in [6, 6.07) is 0. The number of likely N-dealkylation sites (tertiary alicyclic amines) is 1. The first-order valence-corrected chi connectivity index (χ1v) is 8.84. The standard InChI is InChI=1S/C17H27F3N2O2/c1-12(2)15(24)22-10-6-13(7-11-22)14(23)21-16(17(18,19)20)8-4-3-5-9-16/h12-13H,3-11H2,1-2H3,(H,21,23). The first kappa shape index (κ1) is 19.1. The van der Waals surface area contributed by atoms with E-state index in [1.165, 1.54) is 0 Å². The van der Waals surface area contributed by atoms with Gasteiger partial charge in [0.15, 0.2) is 0 Å². The number of rotatable bonds is 3. The molecule has 4 nitrogen and oxygen atoms in total. The molecule has 1 N–H and O–H groups in total. The summed E-state index contributed by atoms with van der Waals surface area (Å²) in [6.07, 6.45) is -1.88. The van der Waals surface area contributed by atoms with E-state index in [9.17, 15) is 22.8 Å². The van der Waals surface area contributed by atoms with Crippen molar-refractivity contribution in [2.45, 2.75) is 70.5 Å². The van der Waals surface area contributed by atoms with Gasteiger partial charge < -0.3 is 10.2 Å². The molecule has 2 aliphatic rings. The molecule has 0 aromatic heterocycles. The van der Waals surface area contributed by atoms with Gasteiger partial charge in [-0.15, -0.1) is 0 Å². The molecular weight excluding hydrogens is 321 g/mol. The van der Waals surface area contributed by atoms with E-state index in [-0.39, 0.29) is 24.7 Å². The molecule has 0 spiro atoms. The van der Waals surface area contributed by atoms with Crippen LogP contribution in [0.25, 0.3) is 0 Å². The van der Waals surface area contributed by atoms with Crippen LogP contribution >= 0.6 is 0 Å². The lowest BCUT2D eigenvalue weighted by Gasteiger charge is -2.41. The van der Waals surface area contributed by atoms with Gasteiger partial charge in [0.1, 0.15) is 5.54 Å². The summed E-state index contributed by atoms with van der Waals surface area (Å²) in [4.78, 5) is 26.1. The average molecular weight is 348 g/mol. The maximum atomic E-state index is 13.5. The van der Waals surface area contributed by atoms with Gasteiger partial charge in [-0.25, -0.2) is 0 Å². The van der Waals surface area contributed by atoms with Gasteiger partial charge in [0.2, 0.25) is 11.8 Å². The van der Waals surface area contributed by atoms with Crippen LogP contribution in [0, 0.1) is 11.8 Å². The van der Waals surface area contributed by atoms with Crippen LogP contribution < -0.4 is 5.32 Å². The molecule has 7 heteroatoms. The Hall–Kier alpha value is -1.27. The Bertz CT molecular complexity index is 463. The summed E-state index contributed by atoms with van der Waals surface area (Å²) in [6.45, 7) is 4.51. The Kier molecular flexibility index (Phi) is 5.81. The lowest BCUT2D eigenvalue weighted by molar-refractivity contribution is -0.207. The Morgan fingerprint density at radius 3 is 2.08 bits per heavy atom. The molecule has 1 heterocycles. The molecule has 0 radical (unpaired) electrons. The second-order valence-corrected chi connectivity index (χ2v) is 7.38. The summed E-state index contributed by atoms with van der Waals surface area (Å²) in [5.74, 6) is -1.02. The minimum atomic E-state index is -4.42. The lowest BCUT2D eigenvalue weighted by atomic mass is 9.80. The van der Waals surface area contributed by atoms with Crippen molar-refractivity contribution in [1.82, 2.24) is 10.2 Å². The fraction of sp³-hybridized carbons (Fsp3) is 0.882. The molecule has 1 aliphatic heterocycles. The van der Waals surface area contributed by atoms with Crippen LogP contribution in [0.3, 0.4) is 0 Å². The molecule has 0 bridgehead atoms. The molecule has 0 atom stereocenters. The van der Waals surface area contributed by atoms with Crippen molar-refractivity contribution in [2.75, 3.05) is 13.1 Å². The predicted molar refractivity (Wildman–Crippen MR) is 84.2 cm³/mol. The maximum Gasteiger partial charge on any atom is 0.411 e. The molecule has 1 aliphatic carbocycles. The minimum Gasteiger partial charge on any atom is -0.342 e. The third kappa shape index (κ3) is 4.03. The molecule has 0 aromatic rings. The van der Waals surface area contributed by atoms with E-state index in [1.807, 2.05) is 13.8 Å². The second kappa shape index (κ2) is 7.31. The molecule has 2 rings (SSSR count). The summed E-state index contributed by atoms with van der Waals surface area (Å²) < 4.78 is 40.5. The van der Waals surface area contributed by atoms with Crippen molar-refractivity contribution in [3.05, 3.63) is 0 Å². The van der Waals surface area contributed by atoms with Crippen LogP contribution in [0.1, 0.15) is 58.8 Å². The molecule has 24 heavy (non-hydrogen) atoms. The van der Waals surface area contributed by atoms with Gasteiger partial charge >= 0.3 is 6.18 Å². The monoisotopic (exact) mass is 348 g/mol. The molecule has 2 amide bonds. The Balaban J connectivity index is 1.96. The van der Waals surface area contributed by atoms with Crippen molar-refractivity contribution < 1.29 is 22.8 Å². The van der Waals surface area contributed by atoms with Crippen molar-refractivity contribution in [3.63, 3.8) is 0 Å². The molecular formula is C17H27F3N2O2. The summed E-state index contributed by atoms with van der Waals surface area (Å²) >= 11 is 0. The van der Waals surface area contributed by atoms with Crippen molar-refractivity contribution in [1.29, 1.82) is 0 Å². The zero-order chi connectivity index (χ0) is 18.0. The van der Waals surface area contributed by atoms with E-state index in [4.69, 9.17) is 0 Å². The van der Waals surface area contributed by atoms with Gasteiger partial charge in [-0.1, -0.05) is 33.1 Å². The lowest BCUT2D eigenvalue weighted by Crippen LogP contribution is -2.61. The number of halogens is 3. The van der Waals surface area contributed by atoms with E-state index >= 15 is 0 Å². The highest BCUT2D eigenvalue weighted by atomic mass is 19.4. The average Bonchev–Trinajstić information content (AvgIpc) is 2.54. The molecule has 138 valence electrons. The van der Waals surface area contributed by atoms with Crippen molar-refractivity contribution in [3.8, 4) is 0 Å². The first-order chi connectivity index (χ1) is 11.2. The van der Waals surface area contributed by atoms with Crippen LogP contribution in [0.15, 0.2) is 0 Å². The van der Waals surface area contributed by atoms with Crippen molar-refractivity contribution in [2.24, 2.45) is 11.8 Å². The predicted octanol–water partition coefficient (Wildman–Crippen LogP) is 3.26. The van der Waals surface area contributed by atoms with Gasteiger partial charge in [-0.2, -0.15) is 13.2 Å². The second-order valence-electron chi connectivity index (χ2n) is 7.38. The van der Waals surface area contributed by atoms with Crippen molar-refractivity contribution >= 4 is 11.8 Å². The van der Waals surface area contributed by atoms with E-state index in [2.05, 4.69) is 5.32 Å². The highest BCUT2D eigenvalue weighted by Gasteiger charge is 2.56. The minimum absolute atomic E-state index is 0.0348. The molecule has 1 saturated carbocycles. The summed E-state index contributed by atoms with van der Waals surface area (Å²) in [5, 5.41) is 2.34. The number of amides is 2. The summed E-state index contributed by atoms with van der Waals surface area (Å²) in [7, 11) is 0. The number of carbonyl (C=O) groups excluding carboxylic acids is 2. The van der Waals surface area contributed by atoms with Crippen LogP contribution in [0.2, 0.25) is 0 Å². The number of piperidine rings is 1. The van der Waals surface area contributed by atoms with Crippen LogP contribution in [-0.2, 0) is 9.59 Å². The zero-order valence-corrected chi connectivity index (χ0v) is 14.4. The highest BCUT2D eigenvalue weighted by molar-refractivity contribution is 5.81. The number of nitrogens with one attached hydrogen (secondary N) is 1. The SMILES string of the molecule is CC(C)C(=O)N1CCC(C(=O)NC2(C(F)(F)F)CCCCC2)CC1. The molecule has 1 saturated heterocycles. The number of alkyl halides is 3. The van der Waals surface area contributed by atoms with Gasteiger partial charge in [0, 0.05) is 24.9 Å². The number of nitrogens with zero attached hydrogens (tertiary/aromatic N) is 1. The van der Waals surface area contributed by atoms with Gasteiger partial charge in [0.25, 0.3) is 0 Å². The Labute approximate surface area is 141 Å². The van der Waals surface area contributed by atoms with E-state index in [0.717, 1.165) is 6.42 Å². The fourth-order valence-corrected chi connectivity index (χ4v) is 3.70. The normalized spacial score (nSPS) is 22.5. The number of hydrogen-bond donors (Lipinski definition) is 1. The summed E-state index contributed by atoms with van der Waals surface area (Å²) in [5.41, 5.74) is -2.06. The zero-order valence-electron chi connectivity index (χ0n) is 14.4. The van der Waals surface area contributed by atoms with Crippen LogP contribution in [0.5, 0.6) is 0 Å². The number of carbonyl (C=O) groups is 2. The molecule has 0 aromatic carbocycles. The maximum absolute atomic E-state index is 13.5. The van der Waals surface area contributed by atoms with E-state index in [1.54, 1.807) is 4.90 Å². The first-order valence-electron chi connectivity index (χ1n) is 8.84. The van der Waals surface area contributed by atoms with Gasteiger partial charge in [0.05, 0.1) is 0 Å². The van der Waals surface area contributed by atoms with Crippen LogP contribution in [0.4, 0.5) is 13.2 Å². The number of hydrogen-bond acceptors (Lipinski definition) is 2. The van der Waals surface area contributed by atoms with Crippen LogP contribution in [-0.4, -0.2) is 41.5 Å². The van der Waals surface area contributed by atoms with E-state index < -0.39 is 23.5 Å². The quantitative estimate of drug-likeness (QED) is 0.851. The third-order valence-electron chi connectivity index (χ3n) is 5.28. The van der Waals surface area contributed by atoms with Gasteiger partial charge in [-0.3, -0.25) is 9.59 Å². The largest absolute Gasteiger partial charge is 0.411 e.